The van der Waals surface area contributed by atoms with Crippen LogP contribution in [0.5, 0.6) is 0 Å². The van der Waals surface area contributed by atoms with Crippen molar-refractivity contribution >= 4 is 0 Å². The lowest BCUT2D eigenvalue weighted by atomic mass is 9.78. The van der Waals surface area contributed by atoms with Crippen LogP contribution in [0.1, 0.15) is 34.1 Å². The quantitative estimate of drug-likeness (QED) is 0.493. The number of hydrogen-bond donors (Lipinski definition) is 0. The summed E-state index contributed by atoms with van der Waals surface area (Å²) >= 11 is 0. The molecule has 0 heterocycles. The second-order valence-corrected chi connectivity index (χ2v) is 4.37. The average molecular weight is 174 g/mol. The number of rotatable bonds is 0. The van der Waals surface area contributed by atoms with Gasteiger partial charge in [0.25, 0.3) is 0 Å². The molecule has 0 aromatic rings. The highest BCUT2D eigenvalue weighted by Gasteiger charge is 2.23. The summed E-state index contributed by atoms with van der Waals surface area (Å²) in [5, 5.41) is 0. The molecule has 70 valence electrons. The van der Waals surface area contributed by atoms with Crippen LogP contribution in [-0.2, 0) is 0 Å². The maximum absolute atomic E-state index is 3.11. The topological polar surface area (TPSA) is 0 Å². The van der Waals surface area contributed by atoms with Crippen molar-refractivity contribution in [2.75, 3.05) is 0 Å². The van der Waals surface area contributed by atoms with Crippen molar-refractivity contribution in [2.45, 2.75) is 34.1 Å². The largest absolute Gasteiger partial charge is 0.101 e. The van der Waals surface area contributed by atoms with Gasteiger partial charge in [0.2, 0.25) is 0 Å². The van der Waals surface area contributed by atoms with Gasteiger partial charge < -0.3 is 0 Å². The monoisotopic (exact) mass is 174 g/mol. The zero-order valence-electron chi connectivity index (χ0n) is 9.02. The molecule has 1 unspecified atom stereocenters. The van der Waals surface area contributed by atoms with Crippen LogP contribution in [0.4, 0.5) is 0 Å². The third-order valence-corrected chi connectivity index (χ3v) is 2.91. The molecule has 0 saturated heterocycles. The van der Waals surface area contributed by atoms with E-state index in [9.17, 15) is 0 Å². The van der Waals surface area contributed by atoms with E-state index in [0.29, 0.717) is 11.3 Å². The summed E-state index contributed by atoms with van der Waals surface area (Å²) < 4.78 is 0. The molecule has 1 atom stereocenters. The van der Waals surface area contributed by atoms with E-state index in [1.807, 2.05) is 6.92 Å². The van der Waals surface area contributed by atoms with Gasteiger partial charge in [-0.2, -0.15) is 0 Å². The molecule has 0 aromatic carbocycles. The average Bonchev–Trinajstić information content (AvgIpc) is 2.19. The lowest BCUT2D eigenvalue weighted by Gasteiger charge is -2.27. The predicted octanol–water partition coefficient (Wildman–Crippen LogP) is 3.56. The van der Waals surface area contributed by atoms with Crippen LogP contribution in [-0.4, -0.2) is 0 Å². The van der Waals surface area contributed by atoms with Crippen LogP contribution in [0.3, 0.4) is 0 Å². The Morgan fingerprint density at radius 3 is 2.77 bits per heavy atom. The van der Waals surface area contributed by atoms with Gasteiger partial charge in [-0.25, -0.2) is 0 Å². The van der Waals surface area contributed by atoms with Gasteiger partial charge in [-0.1, -0.05) is 44.9 Å². The number of allylic oxidation sites excluding steroid dienone is 4. The molecule has 0 amide bonds. The summed E-state index contributed by atoms with van der Waals surface area (Å²) in [6.45, 7) is 8.77. The van der Waals surface area contributed by atoms with Gasteiger partial charge in [0.15, 0.2) is 0 Å². The lowest BCUT2D eigenvalue weighted by Crippen LogP contribution is -2.18. The Kier molecular flexibility index (Phi) is 2.98. The Labute approximate surface area is 81.7 Å². The molecule has 0 N–H and O–H groups in total. The highest BCUT2D eigenvalue weighted by atomic mass is 14.3. The highest BCUT2D eigenvalue weighted by Crippen LogP contribution is 2.34. The molecule has 0 nitrogen and oxygen atoms in total. The van der Waals surface area contributed by atoms with E-state index < -0.39 is 0 Å². The Morgan fingerprint density at radius 1 is 1.46 bits per heavy atom. The summed E-state index contributed by atoms with van der Waals surface area (Å²) in [5.41, 5.74) is 1.54. The molecule has 0 aromatic heterocycles. The highest BCUT2D eigenvalue weighted by molar-refractivity contribution is 5.39. The second-order valence-electron chi connectivity index (χ2n) is 4.37. The first kappa shape index (κ1) is 10.1. The molecule has 1 aliphatic carbocycles. The van der Waals surface area contributed by atoms with Crippen molar-refractivity contribution in [2.24, 2.45) is 11.3 Å². The van der Waals surface area contributed by atoms with Gasteiger partial charge in [0, 0.05) is 5.57 Å². The molecule has 0 aliphatic heterocycles. The van der Waals surface area contributed by atoms with Crippen LogP contribution >= 0.6 is 0 Å². The van der Waals surface area contributed by atoms with Crippen LogP contribution in [0, 0.1) is 23.2 Å². The molecule has 0 heteroatoms. The molecule has 1 rings (SSSR count). The molecule has 0 saturated carbocycles. The third kappa shape index (κ3) is 2.49. The third-order valence-electron chi connectivity index (χ3n) is 2.91. The van der Waals surface area contributed by atoms with Gasteiger partial charge in [-0.3, -0.25) is 0 Å². The predicted molar refractivity (Wildman–Crippen MR) is 58.2 cm³/mol. The fraction of sp³-hybridized carbons (Fsp3) is 0.538. The molecule has 0 fully saturated rings. The molecule has 0 spiro atoms. The van der Waals surface area contributed by atoms with Gasteiger partial charge in [0.05, 0.1) is 0 Å². The number of hydrogen-bond acceptors (Lipinski definition) is 0. The fourth-order valence-corrected chi connectivity index (χ4v) is 1.37. The van der Waals surface area contributed by atoms with Crippen molar-refractivity contribution in [3.63, 3.8) is 0 Å². The molecular weight excluding hydrogens is 156 g/mol. The van der Waals surface area contributed by atoms with E-state index in [0.717, 1.165) is 6.42 Å². The van der Waals surface area contributed by atoms with E-state index in [2.05, 4.69) is 50.8 Å². The summed E-state index contributed by atoms with van der Waals surface area (Å²) in [4.78, 5) is 0. The molecule has 0 radical (unpaired) electrons. The van der Waals surface area contributed by atoms with Crippen LogP contribution < -0.4 is 0 Å². The van der Waals surface area contributed by atoms with Crippen LogP contribution in [0.15, 0.2) is 23.8 Å². The van der Waals surface area contributed by atoms with Crippen molar-refractivity contribution in [3.05, 3.63) is 23.8 Å². The van der Waals surface area contributed by atoms with E-state index in [4.69, 9.17) is 0 Å². The summed E-state index contributed by atoms with van der Waals surface area (Å²) in [6.07, 6.45) is 7.78. The Balaban J connectivity index is 2.90. The van der Waals surface area contributed by atoms with Gasteiger partial charge in [0.1, 0.15) is 0 Å². The Bertz CT molecular complexity index is 292. The smallest absolute Gasteiger partial charge is 0.0202 e. The minimum absolute atomic E-state index is 0.369. The molecule has 0 bridgehead atoms. The fourth-order valence-electron chi connectivity index (χ4n) is 1.37. The standard InChI is InChI=1S/C13H18/c1-5-6-12-8-7-11(2)13(3,4)10-9-12/h7-9,11H,10H2,1-4H3. The van der Waals surface area contributed by atoms with Crippen molar-refractivity contribution in [1.82, 2.24) is 0 Å². The van der Waals surface area contributed by atoms with E-state index in [1.54, 1.807) is 0 Å². The van der Waals surface area contributed by atoms with Gasteiger partial charge >= 0.3 is 0 Å². The summed E-state index contributed by atoms with van der Waals surface area (Å²) in [5.74, 6) is 6.67. The Morgan fingerprint density at radius 2 is 2.15 bits per heavy atom. The summed E-state index contributed by atoms with van der Waals surface area (Å²) in [7, 11) is 0. The first-order valence-corrected chi connectivity index (χ1v) is 4.87. The molecule has 1 aliphatic rings. The zero-order chi connectivity index (χ0) is 9.90. The van der Waals surface area contributed by atoms with E-state index >= 15 is 0 Å². The van der Waals surface area contributed by atoms with Crippen LogP contribution in [0.25, 0.3) is 0 Å². The normalized spacial score (nSPS) is 25.5. The van der Waals surface area contributed by atoms with Crippen molar-refractivity contribution < 1.29 is 0 Å². The molecular formula is C13H18. The summed E-state index contributed by atoms with van der Waals surface area (Å²) in [6, 6.07) is 0. The SMILES string of the molecule is CC#CC1=CCC(C)(C)C(C)C=C1. The van der Waals surface area contributed by atoms with E-state index in [-0.39, 0.29) is 0 Å². The van der Waals surface area contributed by atoms with Gasteiger partial charge in [-0.15, -0.1) is 5.92 Å². The zero-order valence-corrected chi connectivity index (χ0v) is 9.02. The maximum atomic E-state index is 3.11. The minimum atomic E-state index is 0.369. The Hall–Kier alpha value is -0.960. The van der Waals surface area contributed by atoms with Crippen LogP contribution in [0.2, 0.25) is 0 Å². The van der Waals surface area contributed by atoms with E-state index in [1.165, 1.54) is 5.57 Å². The first-order valence-electron chi connectivity index (χ1n) is 4.87. The maximum Gasteiger partial charge on any atom is 0.0202 e. The second kappa shape index (κ2) is 3.83. The van der Waals surface area contributed by atoms with Gasteiger partial charge in [-0.05, 0) is 24.7 Å². The minimum Gasteiger partial charge on any atom is -0.101 e. The van der Waals surface area contributed by atoms with Crippen molar-refractivity contribution in [3.8, 4) is 11.8 Å². The first-order chi connectivity index (χ1) is 6.06. The lowest BCUT2D eigenvalue weighted by molar-refractivity contribution is 0.283. The molecule has 13 heavy (non-hydrogen) atoms. The van der Waals surface area contributed by atoms with Crippen molar-refractivity contribution in [1.29, 1.82) is 0 Å².